The Kier molecular flexibility index (Phi) is 7.78. The van der Waals surface area contributed by atoms with Crippen molar-refractivity contribution in [3.63, 3.8) is 0 Å². The summed E-state index contributed by atoms with van der Waals surface area (Å²) in [5, 5.41) is 9.85. The second-order valence-electron chi connectivity index (χ2n) is 9.36. The zero-order valence-electron chi connectivity index (χ0n) is 20.4. The summed E-state index contributed by atoms with van der Waals surface area (Å²) in [6.45, 7) is 5.51. The van der Waals surface area contributed by atoms with Crippen LogP contribution in [0.1, 0.15) is 29.8 Å². The minimum Gasteiger partial charge on any atom is -0.472 e. The summed E-state index contributed by atoms with van der Waals surface area (Å²) in [5.41, 5.74) is 2.34. The maximum Gasteiger partial charge on any atom is 0.259 e. The van der Waals surface area contributed by atoms with Gasteiger partial charge in [0.05, 0.1) is 12.6 Å². The molecule has 0 bridgehead atoms. The topological polar surface area (TPSA) is 65.9 Å². The van der Waals surface area contributed by atoms with Gasteiger partial charge in [0, 0.05) is 42.9 Å². The normalized spacial score (nSPS) is 19.0. The maximum absolute atomic E-state index is 14.5. The van der Waals surface area contributed by atoms with Gasteiger partial charge in [-0.2, -0.15) is 0 Å². The molecule has 3 aromatic rings. The Balaban J connectivity index is 1.67. The number of aromatic nitrogens is 1. The molecule has 0 unspecified atom stereocenters. The Morgan fingerprint density at radius 1 is 1.17 bits per heavy atom. The van der Waals surface area contributed by atoms with Crippen molar-refractivity contribution in [1.82, 2.24) is 14.8 Å². The molecule has 0 aliphatic carbocycles. The molecule has 2 heterocycles. The minimum atomic E-state index is -0.386. The number of pyridine rings is 1. The van der Waals surface area contributed by atoms with E-state index in [4.69, 9.17) is 4.74 Å². The molecule has 35 heavy (non-hydrogen) atoms. The summed E-state index contributed by atoms with van der Waals surface area (Å²) in [4.78, 5) is 21.9. The Morgan fingerprint density at radius 3 is 2.60 bits per heavy atom. The standard InChI is InChI=1S/C28H32FN3O3/c1-19-15-32(20(2)18-33)28(34)24-13-22(23-11-7-8-12-25(23)29)14-30-27(24)35-26(19)17-31(3)16-21-9-5-4-6-10-21/h4-14,19-20,26,33H,15-18H2,1-3H3/t19-,20+,26+/m1/s1. The number of hydrogen-bond donors (Lipinski definition) is 1. The molecule has 0 saturated carbocycles. The lowest BCUT2D eigenvalue weighted by molar-refractivity contribution is 0.0325. The van der Waals surface area contributed by atoms with Gasteiger partial charge in [0.15, 0.2) is 0 Å². The number of amides is 1. The van der Waals surface area contributed by atoms with Crippen molar-refractivity contribution in [2.45, 2.75) is 32.5 Å². The van der Waals surface area contributed by atoms with E-state index in [0.717, 1.165) is 6.54 Å². The molecule has 1 aromatic heterocycles. The molecule has 184 valence electrons. The number of likely N-dealkylation sites (N-methyl/N-ethyl adjacent to an activating group) is 1. The van der Waals surface area contributed by atoms with E-state index in [1.165, 1.54) is 11.6 Å². The fraction of sp³-hybridized carbons (Fsp3) is 0.357. The van der Waals surface area contributed by atoms with Crippen molar-refractivity contribution in [2.75, 3.05) is 26.7 Å². The molecular formula is C28H32FN3O3. The number of halogens is 1. The highest BCUT2D eigenvalue weighted by atomic mass is 19.1. The first-order chi connectivity index (χ1) is 16.9. The van der Waals surface area contributed by atoms with Crippen LogP contribution < -0.4 is 4.74 Å². The van der Waals surface area contributed by atoms with E-state index in [1.807, 2.05) is 39.1 Å². The van der Waals surface area contributed by atoms with Crippen molar-refractivity contribution >= 4 is 5.91 Å². The Morgan fingerprint density at radius 2 is 1.89 bits per heavy atom. The van der Waals surface area contributed by atoms with E-state index < -0.39 is 0 Å². The highest BCUT2D eigenvalue weighted by Gasteiger charge is 2.34. The molecule has 6 nitrogen and oxygen atoms in total. The van der Waals surface area contributed by atoms with Gasteiger partial charge >= 0.3 is 0 Å². The average Bonchev–Trinajstić information content (AvgIpc) is 2.86. The molecule has 2 aromatic carbocycles. The molecule has 3 atom stereocenters. The molecule has 0 saturated heterocycles. The molecule has 1 amide bonds. The van der Waals surface area contributed by atoms with Gasteiger partial charge in [-0.05, 0) is 31.7 Å². The summed E-state index contributed by atoms with van der Waals surface area (Å²) >= 11 is 0. The first-order valence-electron chi connectivity index (χ1n) is 11.9. The number of hydrogen-bond acceptors (Lipinski definition) is 5. The molecular weight excluding hydrogens is 445 g/mol. The molecule has 0 spiro atoms. The molecule has 0 radical (unpaired) electrons. The summed E-state index contributed by atoms with van der Waals surface area (Å²) in [7, 11) is 2.04. The summed E-state index contributed by atoms with van der Waals surface area (Å²) < 4.78 is 20.8. The predicted molar refractivity (Wildman–Crippen MR) is 134 cm³/mol. The molecule has 4 rings (SSSR count). The first-order valence-corrected chi connectivity index (χ1v) is 11.9. The van der Waals surface area contributed by atoms with E-state index in [9.17, 15) is 14.3 Å². The van der Waals surface area contributed by atoms with Crippen molar-refractivity contribution in [2.24, 2.45) is 5.92 Å². The zero-order chi connectivity index (χ0) is 24.9. The van der Waals surface area contributed by atoms with Gasteiger partial charge in [0.2, 0.25) is 5.88 Å². The number of benzene rings is 2. The van der Waals surface area contributed by atoms with Crippen LogP contribution in [0.4, 0.5) is 4.39 Å². The maximum atomic E-state index is 14.5. The van der Waals surface area contributed by atoms with Gasteiger partial charge in [-0.3, -0.25) is 9.69 Å². The van der Waals surface area contributed by atoms with Crippen LogP contribution in [0.25, 0.3) is 11.1 Å². The lowest BCUT2D eigenvalue weighted by Gasteiger charge is -2.37. The lowest BCUT2D eigenvalue weighted by Crippen LogP contribution is -2.49. The second kappa shape index (κ2) is 11.0. The average molecular weight is 478 g/mol. The third-order valence-electron chi connectivity index (χ3n) is 6.49. The fourth-order valence-electron chi connectivity index (χ4n) is 4.43. The predicted octanol–water partition coefficient (Wildman–Crippen LogP) is 4.24. The van der Waals surface area contributed by atoms with E-state index in [2.05, 4.69) is 22.0 Å². The van der Waals surface area contributed by atoms with Crippen LogP contribution in [0.3, 0.4) is 0 Å². The molecule has 7 heteroatoms. The van der Waals surface area contributed by atoms with Gasteiger partial charge in [0.1, 0.15) is 17.5 Å². The number of ether oxygens (including phenoxy) is 1. The minimum absolute atomic E-state index is 0.00707. The monoisotopic (exact) mass is 477 g/mol. The third-order valence-corrected chi connectivity index (χ3v) is 6.49. The van der Waals surface area contributed by atoms with Crippen LogP contribution in [-0.4, -0.2) is 64.7 Å². The third kappa shape index (κ3) is 5.69. The lowest BCUT2D eigenvalue weighted by atomic mass is 9.99. The van der Waals surface area contributed by atoms with E-state index in [-0.39, 0.29) is 47.8 Å². The fourth-order valence-corrected chi connectivity index (χ4v) is 4.43. The second-order valence-corrected chi connectivity index (χ2v) is 9.36. The first kappa shape index (κ1) is 24.8. The number of aliphatic hydroxyl groups excluding tert-OH is 1. The van der Waals surface area contributed by atoms with Crippen LogP contribution >= 0.6 is 0 Å². The van der Waals surface area contributed by atoms with Crippen molar-refractivity contribution in [3.8, 4) is 17.0 Å². The Bertz CT molecular complexity index is 1160. The van der Waals surface area contributed by atoms with Crippen LogP contribution in [-0.2, 0) is 6.54 Å². The van der Waals surface area contributed by atoms with Gasteiger partial charge in [-0.15, -0.1) is 0 Å². The highest BCUT2D eigenvalue weighted by Crippen LogP contribution is 2.31. The van der Waals surface area contributed by atoms with Crippen LogP contribution in [0.2, 0.25) is 0 Å². The van der Waals surface area contributed by atoms with Crippen LogP contribution in [0.15, 0.2) is 66.9 Å². The van der Waals surface area contributed by atoms with E-state index >= 15 is 0 Å². The highest BCUT2D eigenvalue weighted by molar-refractivity contribution is 5.98. The zero-order valence-corrected chi connectivity index (χ0v) is 20.4. The van der Waals surface area contributed by atoms with Crippen molar-refractivity contribution < 1.29 is 19.0 Å². The van der Waals surface area contributed by atoms with Gasteiger partial charge in [-0.25, -0.2) is 9.37 Å². The Labute approximate surface area is 206 Å². The smallest absolute Gasteiger partial charge is 0.259 e. The SMILES string of the molecule is C[C@@H]1CN([C@@H](C)CO)C(=O)c2cc(-c3ccccc3F)cnc2O[C@H]1CN(C)Cc1ccccc1. The largest absolute Gasteiger partial charge is 0.472 e. The number of nitrogens with zero attached hydrogens (tertiary/aromatic N) is 3. The number of aliphatic hydroxyl groups is 1. The number of carbonyl (C=O) groups is 1. The van der Waals surface area contributed by atoms with E-state index in [0.29, 0.717) is 24.2 Å². The molecule has 1 aliphatic heterocycles. The quantitative estimate of drug-likeness (QED) is 0.552. The molecule has 1 aliphatic rings. The molecule has 0 fully saturated rings. The molecule has 1 N–H and O–H groups in total. The van der Waals surface area contributed by atoms with Crippen molar-refractivity contribution in [1.29, 1.82) is 0 Å². The van der Waals surface area contributed by atoms with Crippen molar-refractivity contribution in [3.05, 3.63) is 83.8 Å². The number of rotatable bonds is 7. The van der Waals surface area contributed by atoms with Gasteiger partial charge in [-0.1, -0.05) is 55.5 Å². The number of fused-ring (bicyclic) bond motifs is 1. The van der Waals surface area contributed by atoms with Crippen LogP contribution in [0.5, 0.6) is 5.88 Å². The summed E-state index contributed by atoms with van der Waals surface area (Å²) in [5.74, 6) is -0.444. The van der Waals surface area contributed by atoms with E-state index in [1.54, 1.807) is 35.4 Å². The van der Waals surface area contributed by atoms with Gasteiger partial charge in [0.25, 0.3) is 5.91 Å². The Hall–Kier alpha value is -3.29. The van der Waals surface area contributed by atoms with Crippen LogP contribution in [0, 0.1) is 11.7 Å². The summed E-state index contributed by atoms with van der Waals surface area (Å²) in [6.07, 6.45) is 1.30. The number of carbonyl (C=O) groups excluding carboxylic acids is 1. The van der Waals surface area contributed by atoms with Gasteiger partial charge < -0.3 is 14.7 Å². The summed E-state index contributed by atoms with van der Waals surface area (Å²) in [6, 6.07) is 17.9.